The van der Waals surface area contributed by atoms with Crippen LogP contribution >= 0.6 is 23.2 Å². The van der Waals surface area contributed by atoms with E-state index in [1.807, 2.05) is 55.5 Å². The third-order valence-corrected chi connectivity index (χ3v) is 6.43. The molecule has 4 rings (SSSR count). The first kappa shape index (κ1) is 29.2. The van der Waals surface area contributed by atoms with Crippen LogP contribution in [-0.2, 0) is 16.1 Å². The smallest absolute Gasteiger partial charge is 0.409 e. The van der Waals surface area contributed by atoms with Gasteiger partial charge in [0.2, 0.25) is 6.17 Å². The van der Waals surface area contributed by atoms with Gasteiger partial charge < -0.3 is 19.1 Å². The first-order valence-corrected chi connectivity index (χ1v) is 13.5. The first-order valence-electron chi connectivity index (χ1n) is 12.7. The Morgan fingerprint density at radius 2 is 1.77 bits per heavy atom. The van der Waals surface area contributed by atoms with Crippen molar-refractivity contribution in [3.8, 4) is 11.5 Å². The molecule has 210 valence electrons. The zero-order valence-electron chi connectivity index (χ0n) is 23.0. The van der Waals surface area contributed by atoms with Crippen molar-refractivity contribution in [3.63, 3.8) is 0 Å². The highest BCUT2D eigenvalue weighted by Crippen LogP contribution is 2.37. The van der Waals surface area contributed by atoms with Crippen LogP contribution in [0.4, 0.5) is 10.5 Å². The number of alkyl carbamates (subject to hydrolysis) is 1. The summed E-state index contributed by atoms with van der Waals surface area (Å²) in [5, 5.41) is 3.32. The second kappa shape index (κ2) is 12.2. The van der Waals surface area contributed by atoms with Crippen molar-refractivity contribution in [1.82, 2.24) is 5.32 Å². The molecule has 3 aromatic rings. The summed E-state index contributed by atoms with van der Waals surface area (Å²) in [6.07, 6.45) is -2.10. The van der Waals surface area contributed by atoms with Crippen LogP contribution in [-0.4, -0.2) is 43.2 Å². The maximum atomic E-state index is 14.1. The number of nitrogens with one attached hydrogen (secondary N) is 1. The number of benzene rings is 3. The minimum Gasteiger partial charge on any atom is -0.497 e. The number of halogens is 2. The summed E-state index contributed by atoms with van der Waals surface area (Å²) in [6, 6.07) is 18.0. The van der Waals surface area contributed by atoms with Gasteiger partial charge in [-0.25, -0.2) is 9.79 Å². The molecule has 0 saturated carbocycles. The van der Waals surface area contributed by atoms with Crippen molar-refractivity contribution >= 4 is 46.6 Å². The lowest BCUT2D eigenvalue weighted by Gasteiger charge is -2.26. The van der Waals surface area contributed by atoms with Crippen molar-refractivity contribution in [2.24, 2.45) is 4.99 Å². The number of hydrogen-bond donors (Lipinski definition) is 1. The van der Waals surface area contributed by atoms with Crippen LogP contribution < -0.4 is 19.7 Å². The Morgan fingerprint density at radius 3 is 2.42 bits per heavy atom. The number of carbonyl (C=O) groups is 2. The number of hydrogen-bond acceptors (Lipinski definition) is 6. The van der Waals surface area contributed by atoms with Crippen molar-refractivity contribution in [2.45, 2.75) is 46.0 Å². The van der Waals surface area contributed by atoms with Gasteiger partial charge in [0.05, 0.1) is 42.2 Å². The van der Waals surface area contributed by atoms with E-state index in [0.29, 0.717) is 45.7 Å². The van der Waals surface area contributed by atoms with Gasteiger partial charge >= 0.3 is 6.09 Å². The molecule has 1 aliphatic rings. The molecule has 0 aliphatic carbocycles. The van der Waals surface area contributed by atoms with Crippen LogP contribution in [0.2, 0.25) is 10.0 Å². The quantitative estimate of drug-likeness (QED) is 0.337. The largest absolute Gasteiger partial charge is 0.497 e. The molecule has 0 saturated heterocycles. The predicted molar refractivity (Wildman–Crippen MR) is 157 cm³/mol. The Morgan fingerprint density at radius 1 is 1.07 bits per heavy atom. The van der Waals surface area contributed by atoms with Crippen molar-refractivity contribution in [2.75, 3.05) is 18.6 Å². The molecule has 1 N–H and O–H groups in total. The van der Waals surface area contributed by atoms with E-state index in [2.05, 4.69) is 5.32 Å². The molecule has 0 radical (unpaired) electrons. The van der Waals surface area contributed by atoms with E-state index in [4.69, 9.17) is 42.4 Å². The average Bonchev–Trinajstić information content (AvgIpc) is 2.99. The third-order valence-electron chi connectivity index (χ3n) is 5.92. The molecule has 1 heterocycles. The molecule has 8 nitrogen and oxygen atoms in total. The number of aliphatic imine (C=N–C) groups is 1. The molecule has 10 heteroatoms. The average molecular weight is 585 g/mol. The zero-order valence-corrected chi connectivity index (χ0v) is 24.5. The van der Waals surface area contributed by atoms with Gasteiger partial charge in [-0.15, -0.1) is 0 Å². The molecule has 0 spiro atoms. The fraction of sp³-hybridized carbons (Fsp3) is 0.300. The monoisotopic (exact) mass is 583 g/mol. The van der Waals surface area contributed by atoms with Gasteiger partial charge in [0.25, 0.3) is 5.91 Å². The Hall–Kier alpha value is -3.75. The summed E-state index contributed by atoms with van der Waals surface area (Å²) in [5.74, 6) is 0.648. The topological polar surface area (TPSA) is 89.5 Å². The summed E-state index contributed by atoms with van der Waals surface area (Å²) >= 11 is 13.0. The van der Waals surface area contributed by atoms with Crippen molar-refractivity contribution in [3.05, 3.63) is 87.4 Å². The zero-order chi connectivity index (χ0) is 29.0. The second-order valence-corrected chi connectivity index (χ2v) is 10.9. The number of fused-ring (bicyclic) bond motifs is 1. The van der Waals surface area contributed by atoms with Crippen LogP contribution in [0.15, 0.2) is 65.7 Å². The lowest BCUT2D eigenvalue weighted by molar-refractivity contribution is -0.120. The van der Waals surface area contributed by atoms with Gasteiger partial charge in [-0.05, 0) is 63.6 Å². The predicted octanol–water partition coefficient (Wildman–Crippen LogP) is 6.64. The van der Waals surface area contributed by atoms with Crippen LogP contribution in [0.1, 0.15) is 44.4 Å². The van der Waals surface area contributed by atoms with E-state index in [0.717, 1.165) is 5.56 Å². The third kappa shape index (κ3) is 6.69. The Kier molecular flexibility index (Phi) is 8.91. The van der Waals surface area contributed by atoms with E-state index in [1.54, 1.807) is 44.9 Å². The number of rotatable bonds is 7. The summed E-state index contributed by atoms with van der Waals surface area (Å²) in [7, 11) is 1.59. The highest BCUT2D eigenvalue weighted by Gasteiger charge is 2.35. The normalized spacial score (nSPS) is 15.1. The molecule has 0 bridgehead atoms. The fourth-order valence-electron chi connectivity index (χ4n) is 4.27. The number of amides is 2. The highest BCUT2D eigenvalue weighted by atomic mass is 35.5. The standard InChI is InChI=1S/C30H31Cl2N3O5/c1-6-39-24-16-19(31)15-22(32)25(24)26-21-9-7-8-10-23(21)35(17-18-11-13-20(38-5)14-12-18)28(36)27(33-26)34-29(37)40-30(2,3)4/h7-16,27H,6,17H2,1-5H3,(H,34,37). The van der Waals surface area contributed by atoms with Gasteiger partial charge in [-0.2, -0.15) is 0 Å². The Labute approximate surface area is 243 Å². The maximum Gasteiger partial charge on any atom is 0.409 e. The van der Waals surface area contributed by atoms with E-state index >= 15 is 0 Å². The minimum absolute atomic E-state index is 0.210. The Balaban J connectivity index is 1.89. The Bertz CT molecular complexity index is 1430. The van der Waals surface area contributed by atoms with E-state index in [-0.39, 0.29) is 11.6 Å². The van der Waals surface area contributed by atoms with Gasteiger partial charge in [0.1, 0.15) is 17.1 Å². The number of carbonyl (C=O) groups excluding carboxylic acids is 2. The molecule has 3 aromatic carbocycles. The number of ether oxygens (including phenoxy) is 3. The van der Waals surface area contributed by atoms with Gasteiger partial charge in [-0.1, -0.05) is 53.5 Å². The molecule has 1 unspecified atom stereocenters. The molecule has 0 fully saturated rings. The van der Waals surface area contributed by atoms with E-state index in [9.17, 15) is 9.59 Å². The van der Waals surface area contributed by atoms with Crippen LogP contribution in [0.5, 0.6) is 11.5 Å². The minimum atomic E-state index is -1.32. The van der Waals surface area contributed by atoms with Crippen LogP contribution in [0.3, 0.4) is 0 Å². The number of methoxy groups -OCH3 is 1. The molecule has 2 amide bonds. The lowest BCUT2D eigenvalue weighted by atomic mass is 9.99. The van der Waals surface area contributed by atoms with Crippen LogP contribution in [0.25, 0.3) is 0 Å². The summed E-state index contributed by atoms with van der Waals surface area (Å²) < 4.78 is 16.6. The molecule has 1 aliphatic heterocycles. The van der Waals surface area contributed by atoms with Gasteiger partial charge in [0, 0.05) is 10.6 Å². The molecule has 40 heavy (non-hydrogen) atoms. The van der Waals surface area contributed by atoms with Crippen molar-refractivity contribution in [1.29, 1.82) is 0 Å². The highest BCUT2D eigenvalue weighted by molar-refractivity contribution is 6.39. The maximum absolute atomic E-state index is 14.1. The number of anilines is 1. The SMILES string of the molecule is CCOc1cc(Cl)cc(Cl)c1C1=NC(NC(=O)OC(C)(C)C)C(=O)N(Cc2ccc(OC)cc2)c2ccccc21. The first-order chi connectivity index (χ1) is 19.0. The number of nitrogens with zero attached hydrogens (tertiary/aromatic N) is 2. The summed E-state index contributed by atoms with van der Waals surface area (Å²) in [4.78, 5) is 33.3. The van der Waals surface area contributed by atoms with E-state index < -0.39 is 23.8 Å². The van der Waals surface area contributed by atoms with E-state index in [1.165, 1.54) is 0 Å². The molecular formula is C30H31Cl2N3O5. The number of para-hydroxylation sites is 1. The molecular weight excluding hydrogens is 553 g/mol. The summed E-state index contributed by atoms with van der Waals surface area (Å²) in [6.45, 7) is 7.62. The molecule has 1 atom stereocenters. The molecule has 0 aromatic heterocycles. The van der Waals surface area contributed by atoms with Crippen molar-refractivity contribution < 1.29 is 23.8 Å². The van der Waals surface area contributed by atoms with Crippen LogP contribution in [0, 0.1) is 0 Å². The lowest BCUT2D eigenvalue weighted by Crippen LogP contribution is -2.48. The summed E-state index contributed by atoms with van der Waals surface area (Å²) in [5.41, 5.74) is 2.11. The fourth-order valence-corrected chi connectivity index (χ4v) is 4.83. The number of benzodiazepines with no additional fused rings is 1. The van der Waals surface area contributed by atoms with Gasteiger partial charge in [0.15, 0.2) is 0 Å². The second-order valence-electron chi connectivity index (χ2n) is 10.0. The van der Waals surface area contributed by atoms with Gasteiger partial charge in [-0.3, -0.25) is 10.1 Å².